The number of carbonyl (C=O) groups is 2. The molecular weight excluding hydrogens is 234 g/mol. The van der Waals surface area contributed by atoms with Crippen LogP contribution in [-0.2, 0) is 9.53 Å². The molecule has 0 saturated heterocycles. The first-order valence-corrected chi connectivity index (χ1v) is 5.81. The summed E-state index contributed by atoms with van der Waals surface area (Å²) in [6.45, 7) is 2.40. The Balaban J connectivity index is 2.65. The molecule has 0 heterocycles. The minimum absolute atomic E-state index is 0.395. The summed E-state index contributed by atoms with van der Waals surface area (Å²) in [5.41, 5.74) is 6.29. The Bertz CT molecular complexity index is 414. The zero-order valence-corrected chi connectivity index (χ0v) is 10.3. The van der Waals surface area contributed by atoms with Crippen LogP contribution in [-0.4, -0.2) is 23.7 Å². The average molecular weight is 251 g/mol. The highest BCUT2D eigenvalue weighted by Gasteiger charge is 2.15. The standard InChI is InChI=1S/C13H17NO4/c1-2-3-8-18-13(17)10-6-4-9(5-7-10)11(14)12(15)16/h4-7,11H,2-3,8,14H2,1H3,(H,15,16). The van der Waals surface area contributed by atoms with Crippen LogP contribution in [0.1, 0.15) is 41.7 Å². The summed E-state index contributed by atoms with van der Waals surface area (Å²) in [5, 5.41) is 8.74. The van der Waals surface area contributed by atoms with E-state index in [0.717, 1.165) is 12.8 Å². The predicted octanol–water partition coefficient (Wildman–Crippen LogP) is 1.73. The lowest BCUT2D eigenvalue weighted by atomic mass is 10.1. The van der Waals surface area contributed by atoms with Crippen LogP contribution in [0.15, 0.2) is 24.3 Å². The highest BCUT2D eigenvalue weighted by molar-refractivity contribution is 5.89. The fraction of sp³-hybridized carbons (Fsp3) is 0.385. The second-order valence-electron chi connectivity index (χ2n) is 3.93. The summed E-state index contributed by atoms with van der Waals surface area (Å²) >= 11 is 0. The number of unbranched alkanes of at least 4 members (excludes halogenated alkanes) is 1. The van der Waals surface area contributed by atoms with E-state index in [2.05, 4.69) is 0 Å². The van der Waals surface area contributed by atoms with Crippen LogP contribution in [0.25, 0.3) is 0 Å². The van der Waals surface area contributed by atoms with Gasteiger partial charge in [0.15, 0.2) is 0 Å². The van der Waals surface area contributed by atoms with Crippen molar-refractivity contribution < 1.29 is 19.4 Å². The SMILES string of the molecule is CCCCOC(=O)c1ccc(C(N)C(=O)O)cc1. The first-order chi connectivity index (χ1) is 8.56. The van der Waals surface area contributed by atoms with E-state index in [1.165, 1.54) is 24.3 Å². The molecule has 5 heteroatoms. The first kappa shape index (κ1) is 14.2. The molecule has 1 aromatic rings. The number of aliphatic carboxylic acids is 1. The number of carbonyl (C=O) groups excluding carboxylic acids is 1. The molecule has 0 saturated carbocycles. The first-order valence-electron chi connectivity index (χ1n) is 5.81. The average Bonchev–Trinajstić information content (AvgIpc) is 2.38. The maximum Gasteiger partial charge on any atom is 0.338 e. The molecule has 0 spiro atoms. The molecule has 0 fully saturated rings. The van der Waals surface area contributed by atoms with Gasteiger partial charge in [-0.05, 0) is 24.1 Å². The molecule has 0 bridgehead atoms. The summed E-state index contributed by atoms with van der Waals surface area (Å²) in [4.78, 5) is 22.2. The van der Waals surface area contributed by atoms with E-state index in [1.807, 2.05) is 6.92 Å². The summed E-state index contributed by atoms with van der Waals surface area (Å²) in [6.07, 6.45) is 1.79. The Kier molecular flexibility index (Phi) is 5.32. The van der Waals surface area contributed by atoms with E-state index in [-0.39, 0.29) is 0 Å². The van der Waals surface area contributed by atoms with E-state index < -0.39 is 18.0 Å². The number of carboxylic acids is 1. The van der Waals surface area contributed by atoms with Gasteiger partial charge >= 0.3 is 11.9 Å². The minimum Gasteiger partial charge on any atom is -0.480 e. The second kappa shape index (κ2) is 6.76. The molecule has 1 unspecified atom stereocenters. The third kappa shape index (κ3) is 3.85. The summed E-state index contributed by atoms with van der Waals surface area (Å²) in [6, 6.07) is 5.01. The van der Waals surface area contributed by atoms with Crippen molar-refractivity contribution in [2.75, 3.05) is 6.61 Å². The maximum absolute atomic E-state index is 11.6. The van der Waals surface area contributed by atoms with Crippen molar-refractivity contribution in [3.8, 4) is 0 Å². The monoisotopic (exact) mass is 251 g/mol. The lowest BCUT2D eigenvalue weighted by molar-refractivity contribution is -0.138. The Morgan fingerprint density at radius 2 is 1.94 bits per heavy atom. The van der Waals surface area contributed by atoms with Crippen LogP contribution in [0.5, 0.6) is 0 Å². The third-order valence-electron chi connectivity index (χ3n) is 2.50. The van der Waals surface area contributed by atoms with Gasteiger partial charge in [-0.25, -0.2) is 4.79 Å². The van der Waals surface area contributed by atoms with Crippen LogP contribution in [0, 0.1) is 0 Å². The Hall–Kier alpha value is -1.88. The van der Waals surface area contributed by atoms with Crippen LogP contribution in [0.4, 0.5) is 0 Å². The van der Waals surface area contributed by atoms with Gasteiger partial charge in [-0.2, -0.15) is 0 Å². The number of ether oxygens (including phenoxy) is 1. The van der Waals surface area contributed by atoms with Gasteiger partial charge in [0.1, 0.15) is 6.04 Å². The summed E-state index contributed by atoms with van der Waals surface area (Å²) in [5.74, 6) is -1.51. The third-order valence-corrected chi connectivity index (χ3v) is 2.50. The molecule has 0 aromatic heterocycles. The Morgan fingerprint density at radius 1 is 1.33 bits per heavy atom. The van der Waals surface area contributed by atoms with Gasteiger partial charge in [-0.3, -0.25) is 4.79 Å². The van der Waals surface area contributed by atoms with Crippen molar-refractivity contribution >= 4 is 11.9 Å². The quantitative estimate of drug-likeness (QED) is 0.593. The molecule has 0 aliphatic rings. The zero-order valence-electron chi connectivity index (χ0n) is 10.3. The maximum atomic E-state index is 11.6. The molecule has 0 aliphatic carbocycles. The van der Waals surface area contributed by atoms with Crippen molar-refractivity contribution in [3.05, 3.63) is 35.4 Å². The van der Waals surface area contributed by atoms with Crippen molar-refractivity contribution in [1.29, 1.82) is 0 Å². The van der Waals surface area contributed by atoms with Crippen molar-refractivity contribution in [3.63, 3.8) is 0 Å². The number of rotatable bonds is 6. The summed E-state index contributed by atoms with van der Waals surface area (Å²) < 4.78 is 5.03. The van der Waals surface area contributed by atoms with Crippen LogP contribution < -0.4 is 5.73 Å². The van der Waals surface area contributed by atoms with E-state index in [0.29, 0.717) is 17.7 Å². The van der Waals surface area contributed by atoms with Gasteiger partial charge < -0.3 is 15.6 Å². The van der Waals surface area contributed by atoms with Crippen LogP contribution >= 0.6 is 0 Å². The molecule has 98 valence electrons. The fourth-order valence-electron chi connectivity index (χ4n) is 1.36. The summed E-state index contributed by atoms with van der Waals surface area (Å²) in [7, 11) is 0. The number of esters is 1. The smallest absolute Gasteiger partial charge is 0.338 e. The molecule has 0 amide bonds. The van der Waals surface area contributed by atoms with Gasteiger partial charge in [0.05, 0.1) is 12.2 Å². The van der Waals surface area contributed by atoms with Gasteiger partial charge in [0.25, 0.3) is 0 Å². The van der Waals surface area contributed by atoms with Gasteiger partial charge in [-0.1, -0.05) is 25.5 Å². The number of hydrogen-bond acceptors (Lipinski definition) is 4. The molecule has 1 atom stereocenters. The van der Waals surface area contributed by atoms with Crippen molar-refractivity contribution in [1.82, 2.24) is 0 Å². The van der Waals surface area contributed by atoms with E-state index in [4.69, 9.17) is 15.6 Å². The highest BCUT2D eigenvalue weighted by Crippen LogP contribution is 2.12. The number of benzene rings is 1. The van der Waals surface area contributed by atoms with Crippen LogP contribution in [0.2, 0.25) is 0 Å². The molecule has 1 rings (SSSR count). The zero-order chi connectivity index (χ0) is 13.5. The molecule has 18 heavy (non-hydrogen) atoms. The lowest BCUT2D eigenvalue weighted by Crippen LogP contribution is -2.20. The molecule has 0 aliphatic heterocycles. The van der Waals surface area contributed by atoms with E-state index in [9.17, 15) is 9.59 Å². The van der Waals surface area contributed by atoms with Crippen molar-refractivity contribution in [2.24, 2.45) is 5.73 Å². The molecule has 1 aromatic carbocycles. The van der Waals surface area contributed by atoms with Gasteiger partial charge in [0, 0.05) is 0 Å². The van der Waals surface area contributed by atoms with E-state index in [1.54, 1.807) is 0 Å². The highest BCUT2D eigenvalue weighted by atomic mass is 16.5. The van der Waals surface area contributed by atoms with Gasteiger partial charge in [0.2, 0.25) is 0 Å². The number of carboxylic acid groups (broad SMARTS) is 1. The van der Waals surface area contributed by atoms with E-state index >= 15 is 0 Å². The topological polar surface area (TPSA) is 89.6 Å². The molecule has 0 radical (unpaired) electrons. The lowest BCUT2D eigenvalue weighted by Gasteiger charge is -2.08. The molecule has 5 nitrogen and oxygen atoms in total. The fourth-order valence-corrected chi connectivity index (χ4v) is 1.36. The Labute approximate surface area is 106 Å². The normalized spacial score (nSPS) is 11.9. The second-order valence-corrected chi connectivity index (χ2v) is 3.93. The largest absolute Gasteiger partial charge is 0.480 e. The minimum atomic E-state index is -1.10. The van der Waals surface area contributed by atoms with Crippen molar-refractivity contribution in [2.45, 2.75) is 25.8 Å². The number of hydrogen-bond donors (Lipinski definition) is 2. The Morgan fingerprint density at radius 3 is 2.44 bits per heavy atom. The number of nitrogens with two attached hydrogens (primary N) is 1. The van der Waals surface area contributed by atoms with Gasteiger partial charge in [-0.15, -0.1) is 0 Å². The van der Waals surface area contributed by atoms with Crippen LogP contribution in [0.3, 0.4) is 0 Å². The molecular formula is C13H17NO4. The molecule has 3 N–H and O–H groups in total. The predicted molar refractivity (Wildman–Crippen MR) is 66.2 cm³/mol.